The van der Waals surface area contributed by atoms with Gasteiger partial charge in [-0.1, -0.05) is 48.9 Å². The molecule has 0 radical (unpaired) electrons. The van der Waals surface area contributed by atoms with Gasteiger partial charge in [-0.25, -0.2) is 0 Å². The van der Waals surface area contributed by atoms with E-state index in [1.54, 1.807) is 12.1 Å². The summed E-state index contributed by atoms with van der Waals surface area (Å²) >= 11 is 6.10. The highest BCUT2D eigenvalue weighted by Gasteiger charge is 2.36. The number of rotatable bonds is 6. The molecule has 1 N–H and O–H groups in total. The van der Waals surface area contributed by atoms with Crippen LogP contribution in [0.25, 0.3) is 5.69 Å². The molecule has 0 atom stereocenters. The van der Waals surface area contributed by atoms with Crippen LogP contribution in [-0.2, 0) is 17.4 Å². The predicted octanol–water partition coefficient (Wildman–Crippen LogP) is 5.43. The smallest absolute Gasteiger partial charge is 0.435 e. The van der Waals surface area contributed by atoms with E-state index < -0.39 is 24.4 Å². The number of carbonyl (C=O) groups excluding carboxylic acids is 1. The van der Waals surface area contributed by atoms with Gasteiger partial charge in [0.25, 0.3) is 5.91 Å². The summed E-state index contributed by atoms with van der Waals surface area (Å²) in [7, 11) is 0. The molecule has 0 bridgehead atoms. The quantitative estimate of drug-likeness (QED) is 0.559. The summed E-state index contributed by atoms with van der Waals surface area (Å²) in [6, 6.07) is 12.7. The highest BCUT2D eigenvalue weighted by Crippen LogP contribution is 2.33. The summed E-state index contributed by atoms with van der Waals surface area (Å²) in [5.41, 5.74) is 1.55. The first kappa shape index (κ1) is 21.7. The number of hydrogen-bond acceptors (Lipinski definition) is 3. The average molecular weight is 438 g/mol. The number of ether oxygens (including phenoxy) is 1. The maximum absolute atomic E-state index is 13.2. The lowest BCUT2D eigenvalue weighted by molar-refractivity contribution is -0.141. The third-order valence-electron chi connectivity index (χ3n) is 4.40. The van der Waals surface area contributed by atoms with Crippen molar-refractivity contribution in [3.63, 3.8) is 0 Å². The van der Waals surface area contributed by atoms with Crippen molar-refractivity contribution in [3.05, 3.63) is 70.4 Å². The van der Waals surface area contributed by atoms with Gasteiger partial charge in [0.15, 0.2) is 12.3 Å². The standard InChI is InChI=1S/C21H19ClF3N3O2/c1-3-14-8-6-7-13(2)20(14)26-18(29)12-30-19-11-17(21(23,24)25)27-28(19)16-10-5-4-9-15(16)22/h4-11H,3,12H2,1-2H3,(H,26,29). The van der Waals surface area contributed by atoms with Crippen molar-refractivity contribution in [1.29, 1.82) is 0 Å². The minimum absolute atomic E-state index is 0.191. The molecular formula is C21H19ClF3N3O2. The molecule has 3 rings (SSSR count). The number of anilines is 1. The van der Waals surface area contributed by atoms with Crippen LogP contribution in [0, 0.1) is 6.92 Å². The van der Waals surface area contributed by atoms with Crippen molar-refractivity contribution in [2.45, 2.75) is 26.4 Å². The number of para-hydroxylation sites is 2. The molecule has 0 fully saturated rings. The molecule has 1 amide bonds. The molecule has 0 unspecified atom stereocenters. The van der Waals surface area contributed by atoms with E-state index in [0.717, 1.165) is 21.9 Å². The summed E-state index contributed by atoms with van der Waals surface area (Å²) in [6.45, 7) is 3.32. The van der Waals surface area contributed by atoms with Crippen LogP contribution in [0.1, 0.15) is 23.7 Å². The number of nitrogens with zero attached hydrogens (tertiary/aromatic N) is 2. The predicted molar refractivity (Wildman–Crippen MR) is 108 cm³/mol. The summed E-state index contributed by atoms with van der Waals surface area (Å²) < 4.78 is 45.8. The van der Waals surface area contributed by atoms with Crippen LogP contribution in [0.5, 0.6) is 5.88 Å². The lowest BCUT2D eigenvalue weighted by Crippen LogP contribution is -2.22. The van der Waals surface area contributed by atoms with Gasteiger partial charge in [0.05, 0.1) is 10.7 Å². The first-order valence-corrected chi connectivity index (χ1v) is 9.51. The van der Waals surface area contributed by atoms with Crippen LogP contribution in [0.3, 0.4) is 0 Å². The number of benzene rings is 2. The fourth-order valence-corrected chi connectivity index (χ4v) is 3.13. The molecule has 9 heteroatoms. The molecule has 158 valence electrons. The van der Waals surface area contributed by atoms with Crippen molar-refractivity contribution in [3.8, 4) is 11.6 Å². The van der Waals surface area contributed by atoms with E-state index in [-0.39, 0.29) is 16.6 Å². The first-order valence-electron chi connectivity index (χ1n) is 9.14. The lowest BCUT2D eigenvalue weighted by Gasteiger charge is -2.14. The van der Waals surface area contributed by atoms with Crippen LogP contribution in [0.15, 0.2) is 48.5 Å². The summed E-state index contributed by atoms with van der Waals surface area (Å²) in [6.07, 6.45) is -3.96. The second kappa shape index (κ2) is 8.79. The Balaban J connectivity index is 1.84. The largest absolute Gasteiger partial charge is 0.467 e. The minimum atomic E-state index is -4.68. The van der Waals surface area contributed by atoms with E-state index in [9.17, 15) is 18.0 Å². The Labute approximate surface area is 176 Å². The van der Waals surface area contributed by atoms with Gasteiger partial charge in [0.1, 0.15) is 0 Å². The topological polar surface area (TPSA) is 56.1 Å². The molecule has 3 aromatic rings. The highest BCUT2D eigenvalue weighted by molar-refractivity contribution is 6.32. The molecular weight excluding hydrogens is 419 g/mol. The number of alkyl halides is 3. The number of aromatic nitrogens is 2. The van der Waals surface area contributed by atoms with Gasteiger partial charge in [-0.15, -0.1) is 0 Å². The number of carbonyl (C=O) groups is 1. The molecule has 0 saturated carbocycles. The number of aryl methyl sites for hydroxylation is 2. The van der Waals surface area contributed by atoms with Crippen molar-refractivity contribution in [2.24, 2.45) is 0 Å². The number of halogens is 4. The van der Waals surface area contributed by atoms with E-state index in [4.69, 9.17) is 16.3 Å². The maximum Gasteiger partial charge on any atom is 0.435 e. The van der Waals surface area contributed by atoms with Crippen molar-refractivity contribution in [1.82, 2.24) is 9.78 Å². The van der Waals surface area contributed by atoms with Crippen LogP contribution in [0.4, 0.5) is 18.9 Å². The van der Waals surface area contributed by atoms with Crippen LogP contribution < -0.4 is 10.1 Å². The van der Waals surface area contributed by atoms with Gasteiger partial charge in [0.2, 0.25) is 5.88 Å². The Kier molecular flexibility index (Phi) is 6.36. The molecule has 30 heavy (non-hydrogen) atoms. The third-order valence-corrected chi connectivity index (χ3v) is 4.72. The number of nitrogens with one attached hydrogen (secondary N) is 1. The van der Waals surface area contributed by atoms with Crippen molar-refractivity contribution < 1.29 is 22.7 Å². The Morgan fingerprint density at radius 3 is 2.60 bits per heavy atom. The zero-order valence-electron chi connectivity index (χ0n) is 16.3. The molecule has 0 aliphatic carbocycles. The Morgan fingerprint density at radius 2 is 1.93 bits per heavy atom. The normalized spacial score (nSPS) is 11.4. The molecule has 5 nitrogen and oxygen atoms in total. The molecule has 0 aliphatic heterocycles. The van der Waals surface area contributed by atoms with E-state index >= 15 is 0 Å². The zero-order valence-corrected chi connectivity index (χ0v) is 17.0. The number of hydrogen-bond donors (Lipinski definition) is 1. The fraction of sp³-hybridized carbons (Fsp3) is 0.238. The first-order chi connectivity index (χ1) is 14.2. The fourth-order valence-electron chi connectivity index (χ4n) is 2.92. The Morgan fingerprint density at radius 1 is 1.20 bits per heavy atom. The summed E-state index contributed by atoms with van der Waals surface area (Å²) in [5.74, 6) is -0.745. The second-order valence-corrected chi connectivity index (χ2v) is 6.94. The monoisotopic (exact) mass is 437 g/mol. The van der Waals surface area contributed by atoms with Crippen LogP contribution >= 0.6 is 11.6 Å². The Bertz CT molecular complexity index is 1060. The molecule has 0 aliphatic rings. The number of amides is 1. The molecule has 1 aromatic heterocycles. The van der Waals surface area contributed by atoms with Gasteiger partial charge in [-0.2, -0.15) is 23.0 Å². The lowest BCUT2D eigenvalue weighted by atomic mass is 10.1. The van der Waals surface area contributed by atoms with E-state index in [2.05, 4.69) is 10.4 Å². The van der Waals surface area contributed by atoms with Crippen molar-refractivity contribution >= 4 is 23.2 Å². The third kappa shape index (κ3) is 4.76. The van der Waals surface area contributed by atoms with E-state index in [0.29, 0.717) is 12.1 Å². The van der Waals surface area contributed by atoms with E-state index in [1.165, 1.54) is 12.1 Å². The van der Waals surface area contributed by atoms with Gasteiger partial charge >= 0.3 is 6.18 Å². The molecule has 0 saturated heterocycles. The second-order valence-electron chi connectivity index (χ2n) is 6.53. The minimum Gasteiger partial charge on any atom is -0.467 e. The molecule has 1 heterocycles. The SMILES string of the molecule is CCc1cccc(C)c1NC(=O)COc1cc(C(F)(F)F)nn1-c1ccccc1Cl. The van der Waals surface area contributed by atoms with Crippen molar-refractivity contribution in [2.75, 3.05) is 11.9 Å². The van der Waals surface area contributed by atoms with Gasteiger partial charge in [0, 0.05) is 11.8 Å². The maximum atomic E-state index is 13.2. The van der Waals surface area contributed by atoms with Gasteiger partial charge < -0.3 is 10.1 Å². The van der Waals surface area contributed by atoms with Crippen LogP contribution in [-0.4, -0.2) is 22.3 Å². The molecule has 0 spiro atoms. The molecule has 2 aromatic carbocycles. The zero-order chi connectivity index (χ0) is 21.9. The van der Waals surface area contributed by atoms with Crippen LogP contribution in [0.2, 0.25) is 5.02 Å². The summed E-state index contributed by atoms with van der Waals surface area (Å²) in [4.78, 5) is 12.4. The highest BCUT2D eigenvalue weighted by atomic mass is 35.5. The average Bonchev–Trinajstić information content (AvgIpc) is 3.13. The Hall–Kier alpha value is -3.00. The van der Waals surface area contributed by atoms with E-state index in [1.807, 2.05) is 32.0 Å². The summed E-state index contributed by atoms with van der Waals surface area (Å²) in [5, 5.41) is 6.52. The van der Waals surface area contributed by atoms with Gasteiger partial charge in [-0.3, -0.25) is 4.79 Å². The van der Waals surface area contributed by atoms with Gasteiger partial charge in [-0.05, 0) is 36.6 Å².